The van der Waals surface area contributed by atoms with Gasteiger partial charge < -0.3 is 5.32 Å². The zero-order valence-corrected chi connectivity index (χ0v) is 14.1. The number of nitrogens with one attached hydrogen (secondary N) is 2. The van der Waals surface area contributed by atoms with Gasteiger partial charge in [-0.1, -0.05) is 43.9 Å². The number of benzene rings is 2. The molecular weight excluding hydrogens is 316 g/mol. The van der Waals surface area contributed by atoms with Crippen molar-refractivity contribution in [1.82, 2.24) is 10.8 Å². The molecule has 5 nitrogen and oxygen atoms in total. The van der Waals surface area contributed by atoms with Crippen LogP contribution in [0.2, 0.25) is 0 Å². The number of rotatable bonds is 4. The van der Waals surface area contributed by atoms with Gasteiger partial charge in [0.2, 0.25) is 0 Å². The smallest absolute Gasteiger partial charge is 0.266 e. The Morgan fingerprint density at radius 1 is 0.920 bits per heavy atom. The average Bonchev–Trinajstić information content (AvgIpc) is 2.64. The van der Waals surface area contributed by atoms with Gasteiger partial charge >= 0.3 is 0 Å². The molecule has 0 saturated carbocycles. The third-order valence-electron chi connectivity index (χ3n) is 3.62. The first-order chi connectivity index (χ1) is 12.0. The standard InChI is InChI=1S/C20H20N2O3/c1-14(2)18(20(24)22-25)21-19(23)17-12-10-16(11-13-17)9-8-15-6-4-3-5-7-15/h3-7,10-14,18,25H,1-2H3,(H,21,23)(H,22,24). The van der Waals surface area contributed by atoms with Gasteiger partial charge in [-0.05, 0) is 42.3 Å². The van der Waals surface area contributed by atoms with Crippen molar-refractivity contribution in [2.45, 2.75) is 19.9 Å². The average molecular weight is 336 g/mol. The van der Waals surface area contributed by atoms with Gasteiger partial charge in [-0.15, -0.1) is 0 Å². The van der Waals surface area contributed by atoms with Crippen molar-refractivity contribution in [3.05, 3.63) is 71.3 Å². The molecule has 3 N–H and O–H groups in total. The van der Waals surface area contributed by atoms with E-state index < -0.39 is 11.9 Å². The van der Waals surface area contributed by atoms with Crippen molar-refractivity contribution in [3.8, 4) is 11.8 Å². The van der Waals surface area contributed by atoms with Crippen molar-refractivity contribution >= 4 is 11.8 Å². The van der Waals surface area contributed by atoms with Gasteiger partial charge in [0.1, 0.15) is 6.04 Å². The van der Waals surface area contributed by atoms with Crippen LogP contribution in [0.4, 0.5) is 0 Å². The Hall–Kier alpha value is -3.10. The fourth-order valence-electron chi connectivity index (χ4n) is 2.20. The molecule has 0 bridgehead atoms. The molecule has 0 aromatic heterocycles. The summed E-state index contributed by atoms with van der Waals surface area (Å²) in [5.41, 5.74) is 3.69. The molecule has 0 aliphatic rings. The van der Waals surface area contributed by atoms with E-state index in [2.05, 4.69) is 17.2 Å². The summed E-state index contributed by atoms with van der Waals surface area (Å²) in [6, 6.07) is 15.6. The molecule has 0 fully saturated rings. The number of hydrogen-bond acceptors (Lipinski definition) is 3. The molecule has 5 heteroatoms. The minimum Gasteiger partial charge on any atom is -0.340 e. The van der Waals surface area contributed by atoms with E-state index in [-0.39, 0.29) is 11.8 Å². The van der Waals surface area contributed by atoms with Crippen molar-refractivity contribution in [2.24, 2.45) is 5.92 Å². The molecule has 2 aromatic rings. The molecular formula is C20H20N2O3. The number of carbonyl (C=O) groups excluding carboxylic acids is 2. The van der Waals surface area contributed by atoms with E-state index in [1.807, 2.05) is 30.3 Å². The summed E-state index contributed by atoms with van der Waals surface area (Å²) >= 11 is 0. The van der Waals surface area contributed by atoms with E-state index in [0.29, 0.717) is 5.56 Å². The van der Waals surface area contributed by atoms with E-state index in [4.69, 9.17) is 5.21 Å². The lowest BCUT2D eigenvalue weighted by molar-refractivity contribution is -0.132. The van der Waals surface area contributed by atoms with E-state index >= 15 is 0 Å². The molecule has 1 atom stereocenters. The predicted molar refractivity (Wildman–Crippen MR) is 94.9 cm³/mol. The summed E-state index contributed by atoms with van der Waals surface area (Å²) in [6.07, 6.45) is 0. The van der Waals surface area contributed by atoms with Gasteiger partial charge in [0.05, 0.1) is 0 Å². The highest BCUT2D eigenvalue weighted by atomic mass is 16.5. The lowest BCUT2D eigenvalue weighted by Gasteiger charge is -2.20. The van der Waals surface area contributed by atoms with Crippen LogP contribution in [0.25, 0.3) is 0 Å². The number of carbonyl (C=O) groups is 2. The monoisotopic (exact) mass is 336 g/mol. The second-order valence-corrected chi connectivity index (χ2v) is 5.86. The highest BCUT2D eigenvalue weighted by Gasteiger charge is 2.24. The van der Waals surface area contributed by atoms with E-state index in [9.17, 15) is 9.59 Å². The Bertz CT molecular complexity index is 787. The number of hydroxylamine groups is 1. The first kappa shape index (κ1) is 18.2. The van der Waals surface area contributed by atoms with Gasteiger partial charge in [-0.2, -0.15) is 0 Å². The van der Waals surface area contributed by atoms with E-state index in [1.54, 1.807) is 43.6 Å². The summed E-state index contributed by atoms with van der Waals surface area (Å²) < 4.78 is 0. The highest BCUT2D eigenvalue weighted by molar-refractivity contribution is 5.97. The zero-order chi connectivity index (χ0) is 18.2. The van der Waals surface area contributed by atoms with Crippen LogP contribution in [0.15, 0.2) is 54.6 Å². The van der Waals surface area contributed by atoms with Gasteiger partial charge in [0.15, 0.2) is 0 Å². The molecule has 0 saturated heterocycles. The van der Waals surface area contributed by atoms with Crippen molar-refractivity contribution in [2.75, 3.05) is 0 Å². The fraction of sp³-hybridized carbons (Fsp3) is 0.200. The maximum absolute atomic E-state index is 12.3. The van der Waals surface area contributed by atoms with Crippen LogP contribution in [-0.4, -0.2) is 23.1 Å². The van der Waals surface area contributed by atoms with Crippen LogP contribution in [0.1, 0.15) is 35.3 Å². The quantitative estimate of drug-likeness (QED) is 0.456. The summed E-state index contributed by atoms with van der Waals surface area (Å²) in [7, 11) is 0. The van der Waals surface area contributed by atoms with E-state index in [1.165, 1.54) is 0 Å². The number of amides is 2. The Kier molecular flexibility index (Phi) is 6.33. The summed E-state index contributed by atoms with van der Waals surface area (Å²) in [5, 5.41) is 11.4. The molecule has 2 aromatic carbocycles. The van der Waals surface area contributed by atoms with Crippen LogP contribution in [-0.2, 0) is 4.79 Å². The Balaban J connectivity index is 2.07. The topological polar surface area (TPSA) is 78.4 Å². The van der Waals surface area contributed by atoms with Gasteiger partial charge in [-0.25, -0.2) is 5.48 Å². The molecule has 2 rings (SSSR count). The first-order valence-corrected chi connectivity index (χ1v) is 7.93. The van der Waals surface area contributed by atoms with Crippen molar-refractivity contribution in [3.63, 3.8) is 0 Å². The lowest BCUT2D eigenvalue weighted by atomic mass is 10.0. The highest BCUT2D eigenvalue weighted by Crippen LogP contribution is 2.07. The normalized spacial score (nSPS) is 11.2. The minimum absolute atomic E-state index is 0.160. The third kappa shape index (κ3) is 5.20. The first-order valence-electron chi connectivity index (χ1n) is 7.93. The zero-order valence-electron chi connectivity index (χ0n) is 14.1. The van der Waals surface area contributed by atoms with Crippen molar-refractivity contribution < 1.29 is 14.8 Å². The Morgan fingerprint density at radius 3 is 2.00 bits per heavy atom. The van der Waals surface area contributed by atoms with Gasteiger partial charge in [0, 0.05) is 16.7 Å². The van der Waals surface area contributed by atoms with Crippen molar-refractivity contribution in [1.29, 1.82) is 0 Å². The van der Waals surface area contributed by atoms with Gasteiger partial charge in [-0.3, -0.25) is 14.8 Å². The largest absolute Gasteiger partial charge is 0.340 e. The number of hydrogen-bond donors (Lipinski definition) is 3. The molecule has 0 spiro atoms. The van der Waals surface area contributed by atoms with Crippen LogP contribution >= 0.6 is 0 Å². The SMILES string of the molecule is CC(C)C(NC(=O)c1ccc(C#Cc2ccccc2)cc1)C(=O)NO. The molecule has 0 aliphatic carbocycles. The Labute approximate surface area is 147 Å². The van der Waals surface area contributed by atoms with Crippen LogP contribution < -0.4 is 10.8 Å². The molecule has 0 aliphatic heterocycles. The minimum atomic E-state index is -0.810. The van der Waals surface area contributed by atoms with Crippen LogP contribution in [0.3, 0.4) is 0 Å². The summed E-state index contributed by atoms with van der Waals surface area (Å²) in [4.78, 5) is 23.9. The lowest BCUT2D eigenvalue weighted by Crippen LogP contribution is -2.48. The van der Waals surface area contributed by atoms with Gasteiger partial charge in [0.25, 0.3) is 11.8 Å². The van der Waals surface area contributed by atoms with Crippen LogP contribution in [0, 0.1) is 17.8 Å². The van der Waals surface area contributed by atoms with Crippen LogP contribution in [0.5, 0.6) is 0 Å². The fourth-order valence-corrected chi connectivity index (χ4v) is 2.20. The molecule has 25 heavy (non-hydrogen) atoms. The predicted octanol–water partition coefficient (Wildman–Crippen LogP) is 2.35. The maximum atomic E-state index is 12.3. The molecule has 1 unspecified atom stereocenters. The summed E-state index contributed by atoms with van der Waals surface area (Å²) in [5.74, 6) is 4.89. The second kappa shape index (κ2) is 8.67. The molecule has 128 valence electrons. The third-order valence-corrected chi connectivity index (χ3v) is 3.62. The Morgan fingerprint density at radius 2 is 1.48 bits per heavy atom. The molecule has 0 heterocycles. The summed E-state index contributed by atoms with van der Waals surface area (Å²) in [6.45, 7) is 3.56. The second-order valence-electron chi connectivity index (χ2n) is 5.86. The molecule has 2 amide bonds. The maximum Gasteiger partial charge on any atom is 0.266 e. The van der Waals surface area contributed by atoms with E-state index in [0.717, 1.165) is 11.1 Å². The molecule has 0 radical (unpaired) electrons.